The normalized spacial score (nSPS) is 23.1. The van der Waals surface area contributed by atoms with Gasteiger partial charge < -0.3 is 9.80 Å². The molecule has 1 aromatic rings. The molecule has 1 aromatic heterocycles. The van der Waals surface area contributed by atoms with E-state index in [-0.39, 0.29) is 0 Å². The van der Waals surface area contributed by atoms with Gasteiger partial charge in [-0.15, -0.1) is 0 Å². The Morgan fingerprint density at radius 1 is 1.40 bits per heavy atom. The summed E-state index contributed by atoms with van der Waals surface area (Å²) in [6.07, 6.45) is 1.85. The lowest BCUT2D eigenvalue weighted by atomic mass is 10.2. The second-order valence-corrected chi connectivity index (χ2v) is 4.53. The van der Waals surface area contributed by atoms with Gasteiger partial charge in [0.2, 0.25) is 0 Å². The minimum atomic E-state index is 0.534. The fraction of sp³-hybridized carbons (Fsp3) is 0.545. The topological polar surface area (TPSA) is 19.4 Å². The number of hydrogen-bond donors (Lipinski definition) is 0. The highest BCUT2D eigenvalue weighted by Crippen LogP contribution is 2.20. The molecule has 1 aliphatic heterocycles. The summed E-state index contributed by atoms with van der Waals surface area (Å²) < 4.78 is 0. The van der Waals surface area contributed by atoms with Crippen molar-refractivity contribution in [3.8, 4) is 0 Å². The second kappa shape index (κ2) is 4.37. The maximum absolute atomic E-state index is 5.77. The molecule has 0 saturated carbocycles. The van der Waals surface area contributed by atoms with E-state index in [0.29, 0.717) is 11.2 Å². The summed E-state index contributed by atoms with van der Waals surface area (Å²) in [5.74, 6) is 0. The van der Waals surface area contributed by atoms with Crippen LogP contribution in [0.1, 0.15) is 6.92 Å². The number of halogens is 1. The third-order valence-corrected chi connectivity index (χ3v) is 3.10. The highest BCUT2D eigenvalue weighted by atomic mass is 35.5. The van der Waals surface area contributed by atoms with Crippen molar-refractivity contribution in [3.05, 3.63) is 23.5 Å². The van der Waals surface area contributed by atoms with Crippen LogP contribution in [0.5, 0.6) is 0 Å². The number of likely N-dealkylation sites (N-methyl/N-ethyl adjacent to an activating group) is 1. The summed E-state index contributed by atoms with van der Waals surface area (Å²) in [6, 6.07) is 4.42. The first-order chi connectivity index (χ1) is 7.16. The average Bonchev–Trinajstić information content (AvgIpc) is 2.20. The van der Waals surface area contributed by atoms with E-state index in [1.807, 2.05) is 18.3 Å². The van der Waals surface area contributed by atoms with Crippen LogP contribution in [0.15, 0.2) is 18.3 Å². The molecule has 4 heteroatoms. The van der Waals surface area contributed by atoms with Crippen LogP contribution in [0.25, 0.3) is 0 Å². The molecule has 15 heavy (non-hydrogen) atoms. The zero-order valence-corrected chi connectivity index (χ0v) is 9.91. The van der Waals surface area contributed by atoms with Gasteiger partial charge in [0.15, 0.2) is 0 Å². The van der Waals surface area contributed by atoms with Gasteiger partial charge in [-0.25, -0.2) is 4.98 Å². The van der Waals surface area contributed by atoms with Crippen LogP contribution in [-0.4, -0.2) is 42.6 Å². The summed E-state index contributed by atoms with van der Waals surface area (Å²) in [6.45, 7) is 5.50. The minimum Gasteiger partial charge on any atom is -0.365 e. The number of pyridine rings is 1. The number of anilines is 1. The van der Waals surface area contributed by atoms with Crippen LogP contribution in [0.2, 0.25) is 5.15 Å². The molecule has 0 spiro atoms. The van der Waals surface area contributed by atoms with Crippen molar-refractivity contribution in [3.63, 3.8) is 0 Å². The van der Waals surface area contributed by atoms with Crippen LogP contribution in [0.4, 0.5) is 5.69 Å². The number of piperazine rings is 1. The van der Waals surface area contributed by atoms with Crippen molar-refractivity contribution in [2.24, 2.45) is 0 Å². The molecule has 1 atom stereocenters. The molecule has 1 saturated heterocycles. The van der Waals surface area contributed by atoms with Crippen molar-refractivity contribution in [2.45, 2.75) is 13.0 Å². The molecule has 0 aliphatic carbocycles. The smallest absolute Gasteiger partial charge is 0.129 e. The molecule has 1 aliphatic rings. The third kappa shape index (κ3) is 2.41. The molecule has 2 rings (SSSR count). The van der Waals surface area contributed by atoms with Crippen LogP contribution < -0.4 is 4.90 Å². The van der Waals surface area contributed by atoms with E-state index in [2.05, 4.69) is 28.8 Å². The molecule has 3 nitrogen and oxygen atoms in total. The zero-order valence-electron chi connectivity index (χ0n) is 9.15. The van der Waals surface area contributed by atoms with Crippen LogP contribution >= 0.6 is 11.6 Å². The standard InChI is InChI=1S/C11H16ClN3/c1-9-8-14(2)5-6-15(9)10-3-4-11(12)13-7-10/h3-4,7,9H,5-6,8H2,1-2H3/t9-/m0/s1. The molecule has 0 aromatic carbocycles. The van der Waals surface area contributed by atoms with Gasteiger partial charge in [-0.1, -0.05) is 11.6 Å². The predicted octanol–water partition coefficient (Wildman–Crippen LogP) is 1.88. The first kappa shape index (κ1) is 10.7. The van der Waals surface area contributed by atoms with E-state index >= 15 is 0 Å². The number of rotatable bonds is 1. The summed E-state index contributed by atoms with van der Waals surface area (Å²) in [5, 5.41) is 0.556. The van der Waals surface area contributed by atoms with E-state index in [9.17, 15) is 0 Å². The lowest BCUT2D eigenvalue weighted by Gasteiger charge is -2.39. The van der Waals surface area contributed by atoms with Gasteiger partial charge >= 0.3 is 0 Å². The van der Waals surface area contributed by atoms with Gasteiger partial charge in [0.05, 0.1) is 11.9 Å². The van der Waals surface area contributed by atoms with Crippen LogP contribution in [0.3, 0.4) is 0 Å². The van der Waals surface area contributed by atoms with Crippen LogP contribution in [0, 0.1) is 0 Å². The van der Waals surface area contributed by atoms with Crippen molar-refractivity contribution in [1.29, 1.82) is 0 Å². The van der Waals surface area contributed by atoms with Gasteiger partial charge in [0.25, 0.3) is 0 Å². The zero-order chi connectivity index (χ0) is 10.8. The fourth-order valence-corrected chi connectivity index (χ4v) is 2.17. The number of nitrogens with zero attached hydrogens (tertiary/aromatic N) is 3. The fourth-order valence-electron chi connectivity index (χ4n) is 2.06. The Morgan fingerprint density at radius 3 is 2.80 bits per heavy atom. The lowest BCUT2D eigenvalue weighted by Crippen LogP contribution is -2.50. The Bertz CT molecular complexity index is 325. The van der Waals surface area contributed by atoms with Crippen molar-refractivity contribution in [1.82, 2.24) is 9.88 Å². The van der Waals surface area contributed by atoms with Crippen molar-refractivity contribution in [2.75, 3.05) is 31.6 Å². The average molecular weight is 226 g/mol. The van der Waals surface area contributed by atoms with Crippen molar-refractivity contribution >= 4 is 17.3 Å². The van der Waals surface area contributed by atoms with Gasteiger partial charge in [0, 0.05) is 25.7 Å². The highest BCUT2D eigenvalue weighted by Gasteiger charge is 2.21. The van der Waals surface area contributed by atoms with E-state index in [4.69, 9.17) is 11.6 Å². The van der Waals surface area contributed by atoms with Crippen molar-refractivity contribution < 1.29 is 0 Å². The third-order valence-electron chi connectivity index (χ3n) is 2.87. The molecule has 0 bridgehead atoms. The minimum absolute atomic E-state index is 0.534. The van der Waals surface area contributed by atoms with E-state index in [1.54, 1.807) is 0 Å². The SMILES string of the molecule is C[C@H]1CN(C)CCN1c1ccc(Cl)nc1. The highest BCUT2D eigenvalue weighted by molar-refractivity contribution is 6.29. The first-order valence-corrected chi connectivity index (χ1v) is 5.61. The monoisotopic (exact) mass is 225 g/mol. The van der Waals surface area contributed by atoms with Crippen LogP contribution in [-0.2, 0) is 0 Å². The van der Waals surface area contributed by atoms with Gasteiger partial charge in [-0.3, -0.25) is 0 Å². The van der Waals surface area contributed by atoms with Gasteiger partial charge in [-0.2, -0.15) is 0 Å². The summed E-state index contributed by atoms with van der Waals surface area (Å²) in [7, 11) is 2.16. The number of hydrogen-bond acceptors (Lipinski definition) is 3. The molecule has 0 radical (unpaired) electrons. The Morgan fingerprint density at radius 2 is 2.20 bits per heavy atom. The Balaban J connectivity index is 2.13. The van der Waals surface area contributed by atoms with E-state index in [0.717, 1.165) is 19.6 Å². The van der Waals surface area contributed by atoms with Gasteiger partial charge in [-0.05, 0) is 26.1 Å². The molecule has 1 fully saturated rings. The first-order valence-electron chi connectivity index (χ1n) is 5.23. The summed E-state index contributed by atoms with van der Waals surface area (Å²) in [5.41, 5.74) is 1.17. The molecular formula is C11H16ClN3. The molecule has 0 unspecified atom stereocenters. The summed E-state index contributed by atoms with van der Waals surface area (Å²) >= 11 is 5.77. The predicted molar refractivity (Wildman–Crippen MR) is 63.6 cm³/mol. The molecule has 0 N–H and O–H groups in total. The molecule has 0 amide bonds. The molecule has 2 heterocycles. The molecular weight excluding hydrogens is 210 g/mol. The Kier molecular flexibility index (Phi) is 3.12. The van der Waals surface area contributed by atoms with E-state index < -0.39 is 0 Å². The maximum Gasteiger partial charge on any atom is 0.129 e. The maximum atomic E-state index is 5.77. The quantitative estimate of drug-likeness (QED) is 0.681. The van der Waals surface area contributed by atoms with Gasteiger partial charge in [0.1, 0.15) is 5.15 Å². The molecule has 82 valence electrons. The largest absolute Gasteiger partial charge is 0.365 e. The lowest BCUT2D eigenvalue weighted by molar-refractivity contribution is 0.275. The Labute approximate surface area is 95.7 Å². The second-order valence-electron chi connectivity index (χ2n) is 4.14. The van der Waals surface area contributed by atoms with E-state index in [1.165, 1.54) is 5.69 Å². The number of aromatic nitrogens is 1. The Hall–Kier alpha value is -0.800. The summed E-state index contributed by atoms with van der Waals surface area (Å²) in [4.78, 5) is 8.85.